The predicted octanol–water partition coefficient (Wildman–Crippen LogP) is 5.89. The van der Waals surface area contributed by atoms with Crippen molar-refractivity contribution in [3.63, 3.8) is 0 Å². The van der Waals surface area contributed by atoms with Crippen molar-refractivity contribution in [1.82, 2.24) is 0 Å². The molecular formula is C21H19N. The molecule has 0 saturated carbocycles. The molecule has 0 unspecified atom stereocenters. The number of para-hydroxylation sites is 2. The van der Waals surface area contributed by atoms with Gasteiger partial charge in [-0.15, -0.1) is 0 Å². The van der Waals surface area contributed by atoms with E-state index in [4.69, 9.17) is 0 Å². The highest BCUT2D eigenvalue weighted by molar-refractivity contribution is 5.73. The molecule has 0 aliphatic carbocycles. The van der Waals surface area contributed by atoms with E-state index >= 15 is 0 Å². The Morgan fingerprint density at radius 1 is 0.636 bits per heavy atom. The zero-order chi connectivity index (χ0) is 15.2. The number of nitrogens with zero attached hydrogens (tertiary/aromatic N) is 1. The number of benzene rings is 3. The van der Waals surface area contributed by atoms with Crippen molar-refractivity contribution < 1.29 is 0 Å². The van der Waals surface area contributed by atoms with Gasteiger partial charge in [0.1, 0.15) is 0 Å². The second kappa shape index (κ2) is 6.77. The molecule has 0 fully saturated rings. The first-order valence-electron chi connectivity index (χ1n) is 7.48. The summed E-state index contributed by atoms with van der Waals surface area (Å²) < 4.78 is 0. The summed E-state index contributed by atoms with van der Waals surface area (Å²) in [6.45, 7) is 2.15. The molecule has 0 radical (unpaired) electrons. The Labute approximate surface area is 132 Å². The molecule has 1 heteroatoms. The van der Waals surface area contributed by atoms with E-state index in [1.807, 2.05) is 18.2 Å². The lowest BCUT2D eigenvalue weighted by atomic mass is 10.1. The van der Waals surface area contributed by atoms with Crippen LogP contribution in [0, 0.1) is 0 Å². The lowest BCUT2D eigenvalue weighted by Crippen LogP contribution is -2.09. The van der Waals surface area contributed by atoms with Crippen LogP contribution in [0.1, 0.15) is 12.5 Å². The zero-order valence-electron chi connectivity index (χ0n) is 12.7. The number of hydrogen-bond donors (Lipinski definition) is 0. The fourth-order valence-corrected chi connectivity index (χ4v) is 2.44. The molecule has 0 spiro atoms. The van der Waals surface area contributed by atoms with E-state index in [0.717, 1.165) is 11.4 Å². The summed E-state index contributed by atoms with van der Waals surface area (Å²) >= 11 is 0. The van der Waals surface area contributed by atoms with Gasteiger partial charge in [0.2, 0.25) is 0 Å². The maximum absolute atomic E-state index is 2.22. The highest BCUT2D eigenvalue weighted by Crippen LogP contribution is 2.27. The average molecular weight is 285 g/mol. The van der Waals surface area contributed by atoms with E-state index < -0.39 is 0 Å². The molecule has 1 nitrogen and oxygen atoms in total. The van der Waals surface area contributed by atoms with Crippen LogP contribution in [0.15, 0.2) is 97.2 Å². The summed E-state index contributed by atoms with van der Waals surface area (Å²) in [5, 5.41) is 0. The molecule has 3 aromatic rings. The molecule has 22 heavy (non-hydrogen) atoms. The molecule has 0 amide bonds. The van der Waals surface area contributed by atoms with Gasteiger partial charge in [-0.2, -0.15) is 0 Å². The lowest BCUT2D eigenvalue weighted by molar-refractivity contribution is 1.28. The first-order valence-corrected chi connectivity index (χ1v) is 7.48. The first kappa shape index (κ1) is 14.2. The molecule has 0 aliphatic heterocycles. The zero-order valence-corrected chi connectivity index (χ0v) is 12.7. The fraction of sp³-hybridized carbons (Fsp3) is 0.0476. The van der Waals surface area contributed by atoms with Crippen LogP contribution in [-0.4, -0.2) is 0 Å². The monoisotopic (exact) mass is 285 g/mol. The topological polar surface area (TPSA) is 3.24 Å². The average Bonchev–Trinajstić information content (AvgIpc) is 2.62. The van der Waals surface area contributed by atoms with Crippen molar-refractivity contribution in [3.8, 4) is 0 Å². The van der Waals surface area contributed by atoms with Crippen LogP contribution in [0.25, 0.3) is 5.57 Å². The van der Waals surface area contributed by atoms with Crippen LogP contribution in [-0.2, 0) is 0 Å². The van der Waals surface area contributed by atoms with E-state index in [2.05, 4.69) is 90.8 Å². The van der Waals surface area contributed by atoms with E-state index in [1.165, 1.54) is 11.1 Å². The maximum atomic E-state index is 2.22. The van der Waals surface area contributed by atoms with Crippen molar-refractivity contribution in [1.29, 1.82) is 0 Å². The molecule has 108 valence electrons. The summed E-state index contributed by atoms with van der Waals surface area (Å²) in [6.07, 6.45) is 2.19. The van der Waals surface area contributed by atoms with E-state index in [-0.39, 0.29) is 0 Å². The SMILES string of the molecule is CC(=CN(c1ccccc1)c1ccccc1)c1ccccc1. The van der Waals surface area contributed by atoms with E-state index in [1.54, 1.807) is 0 Å². The highest BCUT2D eigenvalue weighted by Gasteiger charge is 2.07. The third kappa shape index (κ3) is 3.26. The molecule has 0 aliphatic rings. The van der Waals surface area contributed by atoms with Crippen molar-refractivity contribution >= 4 is 16.9 Å². The molecular weight excluding hydrogens is 266 g/mol. The predicted molar refractivity (Wildman–Crippen MR) is 95.1 cm³/mol. The Hall–Kier alpha value is -2.80. The van der Waals surface area contributed by atoms with Gasteiger partial charge in [-0.25, -0.2) is 0 Å². The van der Waals surface area contributed by atoms with Crippen LogP contribution < -0.4 is 4.90 Å². The quantitative estimate of drug-likeness (QED) is 0.578. The number of hydrogen-bond acceptors (Lipinski definition) is 1. The molecule has 0 N–H and O–H groups in total. The van der Waals surface area contributed by atoms with Crippen LogP contribution in [0.3, 0.4) is 0 Å². The molecule has 0 heterocycles. The minimum Gasteiger partial charge on any atom is -0.317 e. The van der Waals surface area contributed by atoms with Crippen LogP contribution in [0.4, 0.5) is 11.4 Å². The van der Waals surface area contributed by atoms with Crippen LogP contribution >= 0.6 is 0 Å². The molecule has 0 atom stereocenters. The first-order chi connectivity index (χ1) is 10.8. The normalized spacial score (nSPS) is 11.2. The summed E-state index contributed by atoms with van der Waals surface area (Å²) in [5.41, 5.74) is 4.78. The minimum atomic E-state index is 1.16. The van der Waals surface area contributed by atoms with Gasteiger partial charge in [0.05, 0.1) is 0 Å². The van der Waals surface area contributed by atoms with Gasteiger partial charge in [0.15, 0.2) is 0 Å². The van der Waals surface area contributed by atoms with Crippen molar-refractivity contribution in [2.24, 2.45) is 0 Å². The molecule has 0 bridgehead atoms. The summed E-state index contributed by atoms with van der Waals surface area (Å²) in [6, 6.07) is 31.3. The van der Waals surface area contributed by atoms with Crippen LogP contribution in [0.2, 0.25) is 0 Å². The molecule has 0 aromatic heterocycles. The second-order valence-corrected chi connectivity index (χ2v) is 5.22. The number of rotatable bonds is 4. The van der Waals surface area contributed by atoms with E-state index in [0.29, 0.717) is 0 Å². The van der Waals surface area contributed by atoms with E-state index in [9.17, 15) is 0 Å². The summed E-state index contributed by atoms with van der Waals surface area (Å²) in [4.78, 5) is 2.22. The van der Waals surface area contributed by atoms with Crippen molar-refractivity contribution in [2.45, 2.75) is 6.92 Å². The number of allylic oxidation sites excluding steroid dienone is 1. The Bertz CT molecular complexity index is 691. The smallest absolute Gasteiger partial charge is 0.0455 e. The third-order valence-electron chi connectivity index (χ3n) is 3.62. The summed E-state index contributed by atoms with van der Waals surface area (Å²) in [5.74, 6) is 0. The Morgan fingerprint density at radius 2 is 1.05 bits per heavy atom. The lowest BCUT2D eigenvalue weighted by Gasteiger charge is -2.22. The summed E-state index contributed by atoms with van der Waals surface area (Å²) in [7, 11) is 0. The van der Waals surface area contributed by atoms with Gasteiger partial charge in [-0.3, -0.25) is 0 Å². The molecule has 0 saturated heterocycles. The van der Waals surface area contributed by atoms with Gasteiger partial charge in [0.25, 0.3) is 0 Å². The third-order valence-corrected chi connectivity index (χ3v) is 3.62. The van der Waals surface area contributed by atoms with Gasteiger partial charge in [-0.05, 0) is 42.3 Å². The second-order valence-electron chi connectivity index (χ2n) is 5.22. The highest BCUT2D eigenvalue weighted by atomic mass is 15.1. The van der Waals surface area contributed by atoms with Gasteiger partial charge in [-0.1, -0.05) is 66.7 Å². The molecule has 3 aromatic carbocycles. The Morgan fingerprint density at radius 3 is 1.50 bits per heavy atom. The molecule has 3 rings (SSSR count). The van der Waals surface area contributed by atoms with Gasteiger partial charge in [0, 0.05) is 17.6 Å². The van der Waals surface area contributed by atoms with Crippen molar-refractivity contribution in [2.75, 3.05) is 4.90 Å². The van der Waals surface area contributed by atoms with Crippen LogP contribution in [0.5, 0.6) is 0 Å². The Balaban J connectivity index is 2.03. The van der Waals surface area contributed by atoms with Gasteiger partial charge >= 0.3 is 0 Å². The minimum absolute atomic E-state index is 1.16. The standard InChI is InChI=1S/C21H19N/c1-18(19-11-5-2-6-12-19)17-22(20-13-7-3-8-14-20)21-15-9-4-10-16-21/h2-17H,1H3. The van der Waals surface area contributed by atoms with Crippen molar-refractivity contribution in [3.05, 3.63) is 103 Å². The maximum Gasteiger partial charge on any atom is 0.0455 e. The fourth-order valence-electron chi connectivity index (χ4n) is 2.44. The largest absolute Gasteiger partial charge is 0.317 e. The van der Waals surface area contributed by atoms with Gasteiger partial charge < -0.3 is 4.90 Å². The number of anilines is 2. The Kier molecular flexibility index (Phi) is 4.35.